The number of nitrogens with zero attached hydrogens (tertiary/aromatic N) is 1. The number of carbonyl (C=O) groups is 1. The zero-order chi connectivity index (χ0) is 10.7. The maximum absolute atomic E-state index is 11.8. The zero-order valence-corrected chi connectivity index (χ0v) is 9.64. The second-order valence-electron chi connectivity index (χ2n) is 4.10. The molecule has 0 aliphatic heterocycles. The number of rotatable bonds is 4. The highest BCUT2D eigenvalue weighted by Gasteiger charge is 2.29. The highest BCUT2D eigenvalue weighted by Crippen LogP contribution is 2.28. The van der Waals surface area contributed by atoms with Gasteiger partial charge < -0.3 is 10.6 Å². The largest absolute Gasteiger partial charge is 0.393 e. The Morgan fingerprint density at radius 2 is 2.21 bits per heavy atom. The Labute approximate surface area is 90.6 Å². The minimum atomic E-state index is 0.126. The van der Waals surface area contributed by atoms with E-state index in [1.165, 1.54) is 6.42 Å². The average molecular weight is 214 g/mol. The quantitative estimate of drug-likeness (QED) is 0.718. The third-order valence-electron chi connectivity index (χ3n) is 2.96. The highest BCUT2D eigenvalue weighted by molar-refractivity contribution is 7.80. The van der Waals surface area contributed by atoms with Crippen LogP contribution in [0.2, 0.25) is 0 Å². The predicted molar refractivity (Wildman–Crippen MR) is 61.0 cm³/mol. The summed E-state index contributed by atoms with van der Waals surface area (Å²) in [5.74, 6) is 0.508. The normalized spacial score (nSPS) is 18.4. The Hall–Kier alpha value is -0.640. The number of hydrogen-bond donors (Lipinski definition) is 1. The van der Waals surface area contributed by atoms with Gasteiger partial charge in [-0.1, -0.05) is 18.6 Å². The lowest BCUT2D eigenvalue weighted by Crippen LogP contribution is -2.42. The van der Waals surface area contributed by atoms with E-state index in [0.717, 1.165) is 12.8 Å². The third kappa shape index (κ3) is 2.67. The van der Waals surface area contributed by atoms with Crippen LogP contribution in [0, 0.1) is 5.92 Å². The van der Waals surface area contributed by atoms with Gasteiger partial charge in [0.05, 0.1) is 4.99 Å². The van der Waals surface area contributed by atoms with E-state index < -0.39 is 0 Å². The van der Waals surface area contributed by atoms with Gasteiger partial charge in [-0.25, -0.2) is 0 Å². The average Bonchev–Trinajstić information content (AvgIpc) is 1.98. The van der Waals surface area contributed by atoms with Gasteiger partial charge in [0.15, 0.2) is 0 Å². The molecule has 1 rings (SSSR count). The highest BCUT2D eigenvalue weighted by atomic mass is 32.1. The van der Waals surface area contributed by atoms with Crippen molar-refractivity contribution >= 4 is 23.1 Å². The van der Waals surface area contributed by atoms with Crippen molar-refractivity contribution in [2.75, 3.05) is 7.05 Å². The lowest BCUT2D eigenvalue weighted by atomic mass is 9.84. The summed E-state index contributed by atoms with van der Waals surface area (Å²) >= 11 is 4.83. The summed E-state index contributed by atoms with van der Waals surface area (Å²) in [6.45, 7) is 1.98. The Kier molecular flexibility index (Phi) is 3.86. The van der Waals surface area contributed by atoms with E-state index >= 15 is 0 Å². The lowest BCUT2D eigenvalue weighted by molar-refractivity contribution is -0.138. The number of carbonyl (C=O) groups excluding carboxylic acids is 1. The maximum Gasteiger partial charge on any atom is 0.225 e. The lowest BCUT2D eigenvalue weighted by Gasteiger charge is -2.32. The molecule has 1 amide bonds. The summed E-state index contributed by atoms with van der Waals surface area (Å²) in [6, 6.07) is 0.126. The van der Waals surface area contributed by atoms with Gasteiger partial charge in [0.2, 0.25) is 5.91 Å². The predicted octanol–water partition coefficient (Wildman–Crippen LogP) is 1.31. The van der Waals surface area contributed by atoms with Crippen LogP contribution in [-0.2, 0) is 4.79 Å². The molecule has 3 nitrogen and oxygen atoms in total. The van der Waals surface area contributed by atoms with Gasteiger partial charge in [-0.15, -0.1) is 0 Å². The van der Waals surface area contributed by atoms with Crippen molar-refractivity contribution in [1.29, 1.82) is 0 Å². The molecule has 1 aliphatic carbocycles. The third-order valence-corrected chi connectivity index (χ3v) is 3.13. The first-order chi connectivity index (χ1) is 6.52. The van der Waals surface area contributed by atoms with Crippen molar-refractivity contribution in [3.8, 4) is 0 Å². The van der Waals surface area contributed by atoms with Gasteiger partial charge in [0, 0.05) is 25.4 Å². The topological polar surface area (TPSA) is 46.3 Å². The molecule has 0 radical (unpaired) electrons. The van der Waals surface area contributed by atoms with Crippen molar-refractivity contribution in [2.24, 2.45) is 11.7 Å². The van der Waals surface area contributed by atoms with Crippen LogP contribution in [0.1, 0.15) is 32.6 Å². The van der Waals surface area contributed by atoms with E-state index in [0.29, 0.717) is 11.4 Å². The van der Waals surface area contributed by atoms with E-state index in [1.54, 1.807) is 4.90 Å². The maximum atomic E-state index is 11.8. The molecule has 0 bridgehead atoms. The van der Waals surface area contributed by atoms with Crippen molar-refractivity contribution in [1.82, 2.24) is 4.90 Å². The van der Waals surface area contributed by atoms with Crippen LogP contribution in [0.15, 0.2) is 0 Å². The van der Waals surface area contributed by atoms with Gasteiger partial charge in [0.1, 0.15) is 0 Å². The molecular weight excluding hydrogens is 196 g/mol. The molecule has 4 heteroatoms. The van der Waals surface area contributed by atoms with Crippen LogP contribution in [-0.4, -0.2) is 28.9 Å². The number of amides is 1. The van der Waals surface area contributed by atoms with Crippen LogP contribution in [0.25, 0.3) is 0 Å². The molecule has 80 valence electrons. The first-order valence-corrected chi connectivity index (χ1v) is 5.48. The van der Waals surface area contributed by atoms with Gasteiger partial charge in [-0.2, -0.15) is 0 Å². The summed E-state index contributed by atoms with van der Waals surface area (Å²) < 4.78 is 0. The molecule has 1 aliphatic rings. The summed E-state index contributed by atoms with van der Waals surface area (Å²) in [5, 5.41) is 0. The summed E-state index contributed by atoms with van der Waals surface area (Å²) in [6.07, 6.45) is 3.89. The first-order valence-electron chi connectivity index (χ1n) is 5.07. The van der Waals surface area contributed by atoms with Gasteiger partial charge >= 0.3 is 0 Å². The fourth-order valence-corrected chi connectivity index (χ4v) is 1.83. The van der Waals surface area contributed by atoms with Gasteiger partial charge in [-0.3, -0.25) is 4.79 Å². The van der Waals surface area contributed by atoms with Crippen LogP contribution in [0.4, 0.5) is 0 Å². The number of hydrogen-bond acceptors (Lipinski definition) is 2. The van der Waals surface area contributed by atoms with Crippen LogP contribution < -0.4 is 5.73 Å². The smallest absolute Gasteiger partial charge is 0.225 e. The molecular formula is C10H18N2OS. The second-order valence-corrected chi connectivity index (χ2v) is 4.62. The molecule has 0 heterocycles. The second kappa shape index (κ2) is 4.73. The van der Waals surface area contributed by atoms with Crippen molar-refractivity contribution in [3.05, 3.63) is 0 Å². The fourth-order valence-electron chi connectivity index (χ4n) is 1.59. The Balaban J connectivity index is 2.41. The van der Waals surface area contributed by atoms with Crippen LogP contribution in [0.5, 0.6) is 0 Å². The van der Waals surface area contributed by atoms with E-state index in [9.17, 15) is 4.79 Å². The molecule has 1 fully saturated rings. The van der Waals surface area contributed by atoms with Gasteiger partial charge in [-0.05, 0) is 19.8 Å². The molecule has 2 N–H and O–H groups in total. The number of thiocarbonyl (C=S) groups is 1. The molecule has 0 saturated heterocycles. The Morgan fingerprint density at radius 3 is 2.57 bits per heavy atom. The van der Waals surface area contributed by atoms with Crippen LogP contribution >= 0.6 is 12.2 Å². The molecule has 0 aromatic heterocycles. The SMILES string of the molecule is CC(CC(N)=S)N(C)C(=O)C1CCC1. The molecule has 1 unspecified atom stereocenters. The summed E-state index contributed by atoms with van der Waals surface area (Å²) in [4.78, 5) is 14.0. The summed E-state index contributed by atoms with van der Waals surface area (Å²) in [7, 11) is 1.84. The van der Waals surface area contributed by atoms with E-state index in [2.05, 4.69) is 0 Å². The van der Waals surface area contributed by atoms with E-state index in [-0.39, 0.29) is 17.9 Å². The molecule has 0 spiro atoms. The van der Waals surface area contributed by atoms with Gasteiger partial charge in [0.25, 0.3) is 0 Å². The minimum absolute atomic E-state index is 0.126. The fraction of sp³-hybridized carbons (Fsp3) is 0.800. The first kappa shape index (κ1) is 11.4. The monoisotopic (exact) mass is 214 g/mol. The molecule has 0 aromatic carbocycles. The molecule has 1 atom stereocenters. The summed E-state index contributed by atoms with van der Waals surface area (Å²) in [5.41, 5.74) is 5.45. The van der Waals surface area contributed by atoms with E-state index in [4.69, 9.17) is 18.0 Å². The molecule has 14 heavy (non-hydrogen) atoms. The molecule has 1 saturated carbocycles. The number of nitrogens with two attached hydrogens (primary N) is 1. The van der Waals surface area contributed by atoms with E-state index in [1.807, 2.05) is 14.0 Å². The Bertz CT molecular complexity index is 238. The van der Waals surface area contributed by atoms with Crippen LogP contribution in [0.3, 0.4) is 0 Å². The van der Waals surface area contributed by atoms with Crippen molar-refractivity contribution < 1.29 is 4.79 Å². The van der Waals surface area contributed by atoms with Crippen molar-refractivity contribution in [3.63, 3.8) is 0 Å². The standard InChI is InChI=1S/C10H18N2OS/c1-7(6-9(11)14)12(2)10(13)8-4-3-5-8/h7-8H,3-6H2,1-2H3,(H2,11,14). The zero-order valence-electron chi connectivity index (χ0n) is 8.82. The Morgan fingerprint density at radius 1 is 1.64 bits per heavy atom. The van der Waals surface area contributed by atoms with Crippen molar-refractivity contribution in [2.45, 2.75) is 38.6 Å². The minimum Gasteiger partial charge on any atom is -0.393 e. The molecule has 0 aromatic rings.